The first-order chi connectivity index (χ1) is 15.2. The number of ether oxygens (including phenoxy) is 2. The van der Waals surface area contributed by atoms with E-state index in [-0.39, 0.29) is 10.8 Å². The summed E-state index contributed by atoms with van der Waals surface area (Å²) in [5.41, 5.74) is 10.3. The molecule has 0 aliphatic carbocycles. The van der Waals surface area contributed by atoms with Crippen LogP contribution in [0.3, 0.4) is 0 Å². The summed E-state index contributed by atoms with van der Waals surface area (Å²) in [4.78, 5) is 2.35. The van der Waals surface area contributed by atoms with Crippen molar-refractivity contribution in [3.63, 3.8) is 0 Å². The predicted octanol–water partition coefficient (Wildman–Crippen LogP) is 2.41. The molecule has 2 aromatic rings. The molecule has 3 rings (SSSR count). The lowest BCUT2D eigenvalue weighted by Gasteiger charge is -2.35. The Hall–Kier alpha value is -1.52. The first-order valence-corrected chi connectivity index (χ1v) is 12.6. The number of hydrogen-bond donors (Lipinski definition) is 2. The van der Waals surface area contributed by atoms with Gasteiger partial charge in [0.2, 0.25) is 10.0 Å². The van der Waals surface area contributed by atoms with Crippen LogP contribution in [0.5, 0.6) is 0 Å². The van der Waals surface area contributed by atoms with Crippen LogP contribution in [0.4, 0.5) is 0 Å². The number of sulfonamides is 1. The van der Waals surface area contributed by atoms with Crippen molar-refractivity contribution in [2.75, 3.05) is 46.6 Å². The quantitative estimate of drug-likeness (QED) is 0.504. The van der Waals surface area contributed by atoms with Gasteiger partial charge in [-0.25, -0.2) is 13.6 Å². The first kappa shape index (κ1) is 25.1. The third-order valence-corrected chi connectivity index (χ3v) is 6.99. The number of rotatable bonds is 10. The van der Waals surface area contributed by atoms with Crippen LogP contribution < -0.4 is 10.9 Å². The molecular formula is C23H32ClN3O4S. The zero-order valence-corrected chi connectivity index (χ0v) is 20.2. The first-order valence-electron chi connectivity index (χ1n) is 10.7. The van der Waals surface area contributed by atoms with E-state index in [2.05, 4.69) is 11.0 Å². The van der Waals surface area contributed by atoms with E-state index in [9.17, 15) is 8.42 Å². The van der Waals surface area contributed by atoms with E-state index in [1.54, 1.807) is 12.1 Å². The van der Waals surface area contributed by atoms with Crippen molar-refractivity contribution in [3.8, 4) is 0 Å². The summed E-state index contributed by atoms with van der Waals surface area (Å²) in [5, 5.41) is 6.32. The van der Waals surface area contributed by atoms with Gasteiger partial charge < -0.3 is 20.1 Å². The van der Waals surface area contributed by atoms with Crippen molar-refractivity contribution in [2.24, 2.45) is 10.9 Å². The van der Waals surface area contributed by atoms with Crippen LogP contribution in [0.2, 0.25) is 5.02 Å². The molecule has 9 heteroatoms. The molecule has 1 aliphatic rings. The van der Waals surface area contributed by atoms with E-state index < -0.39 is 10.0 Å². The van der Waals surface area contributed by atoms with Crippen LogP contribution in [0.15, 0.2) is 35.2 Å². The molecule has 0 fully saturated rings. The monoisotopic (exact) mass is 481 g/mol. The molecule has 2 aromatic carbocycles. The van der Waals surface area contributed by atoms with Gasteiger partial charge in [-0.15, -0.1) is 0 Å². The average Bonchev–Trinajstić information content (AvgIpc) is 2.72. The largest absolute Gasteiger partial charge is 0.379 e. The summed E-state index contributed by atoms with van der Waals surface area (Å²) in [6.45, 7) is 5.68. The molecule has 0 radical (unpaired) electrons. The second-order valence-electron chi connectivity index (χ2n) is 8.20. The Morgan fingerprint density at radius 1 is 1.12 bits per heavy atom. The minimum atomic E-state index is -3.89. The summed E-state index contributed by atoms with van der Waals surface area (Å²) in [6.07, 6.45) is 0.425. The third-order valence-electron chi connectivity index (χ3n) is 5.65. The van der Waals surface area contributed by atoms with Crippen LogP contribution in [0, 0.1) is 6.92 Å². The summed E-state index contributed by atoms with van der Waals surface area (Å²) in [5.74, 6) is -0.0225. The van der Waals surface area contributed by atoms with Gasteiger partial charge in [0, 0.05) is 30.6 Å². The van der Waals surface area contributed by atoms with Gasteiger partial charge in [0.1, 0.15) is 0 Å². The lowest BCUT2D eigenvalue weighted by Crippen LogP contribution is -2.32. The van der Waals surface area contributed by atoms with Crippen molar-refractivity contribution < 1.29 is 17.9 Å². The zero-order valence-electron chi connectivity index (χ0n) is 18.6. The molecule has 1 aliphatic heterocycles. The van der Waals surface area contributed by atoms with Crippen molar-refractivity contribution in [1.82, 2.24) is 4.90 Å². The number of aryl methyl sites for hydroxylation is 1. The minimum absolute atomic E-state index is 0.0225. The maximum absolute atomic E-state index is 12.4. The van der Waals surface area contributed by atoms with Crippen LogP contribution in [-0.2, 0) is 32.5 Å². The van der Waals surface area contributed by atoms with Crippen LogP contribution in [0.1, 0.15) is 33.7 Å². The molecule has 0 saturated heterocycles. The highest BCUT2D eigenvalue weighted by Gasteiger charge is 2.30. The Kier molecular flexibility index (Phi) is 8.68. The molecule has 32 heavy (non-hydrogen) atoms. The molecule has 0 bridgehead atoms. The fraction of sp³-hybridized carbons (Fsp3) is 0.478. The third kappa shape index (κ3) is 6.08. The number of halogens is 1. The van der Waals surface area contributed by atoms with Crippen molar-refractivity contribution in [3.05, 3.63) is 63.2 Å². The topological polar surface area (TPSA) is 108 Å². The van der Waals surface area contributed by atoms with Crippen molar-refractivity contribution >= 4 is 21.6 Å². The molecular weight excluding hydrogens is 450 g/mol. The lowest BCUT2D eigenvalue weighted by molar-refractivity contribution is 0.0517. The smallest absolute Gasteiger partial charge is 0.238 e. The number of primary sulfonamides is 1. The Balaban J connectivity index is 1.95. The highest BCUT2D eigenvalue weighted by atomic mass is 35.5. The maximum Gasteiger partial charge on any atom is 0.238 e. The number of benzene rings is 2. The molecule has 0 saturated carbocycles. The SMILES string of the molecule is Cc1cc(Cl)c2c(c1)C(c1cccc(S(N)(=O)=O)c1CCOCCOCCN)CN(C)C2. The molecule has 0 spiro atoms. The summed E-state index contributed by atoms with van der Waals surface area (Å²) >= 11 is 6.58. The summed E-state index contributed by atoms with van der Waals surface area (Å²) in [6, 6.07) is 9.43. The Morgan fingerprint density at radius 3 is 2.53 bits per heavy atom. The lowest BCUT2D eigenvalue weighted by atomic mass is 9.81. The molecule has 1 heterocycles. The predicted molar refractivity (Wildman–Crippen MR) is 127 cm³/mol. The molecule has 1 unspecified atom stereocenters. The van der Waals surface area contributed by atoms with Crippen LogP contribution >= 0.6 is 11.6 Å². The van der Waals surface area contributed by atoms with Gasteiger partial charge in [-0.2, -0.15) is 0 Å². The van der Waals surface area contributed by atoms with Crippen molar-refractivity contribution in [1.29, 1.82) is 0 Å². The van der Waals surface area contributed by atoms with E-state index in [0.29, 0.717) is 45.0 Å². The molecule has 1 atom stereocenters. The van der Waals surface area contributed by atoms with Gasteiger partial charge in [0.05, 0.1) is 31.3 Å². The van der Waals surface area contributed by atoms with E-state index in [4.69, 9.17) is 31.9 Å². The number of likely N-dealkylation sites (N-methyl/N-ethyl adjacent to an activating group) is 1. The number of hydrogen-bond acceptors (Lipinski definition) is 6. The van der Waals surface area contributed by atoms with Gasteiger partial charge in [0.25, 0.3) is 0 Å². The minimum Gasteiger partial charge on any atom is -0.379 e. The average molecular weight is 482 g/mol. The van der Waals surface area contributed by atoms with Gasteiger partial charge in [-0.1, -0.05) is 29.8 Å². The van der Waals surface area contributed by atoms with Gasteiger partial charge in [-0.05, 0) is 60.3 Å². The van der Waals surface area contributed by atoms with Crippen LogP contribution in [0.25, 0.3) is 0 Å². The number of fused-ring (bicyclic) bond motifs is 1. The van der Waals surface area contributed by atoms with Gasteiger partial charge in [0.15, 0.2) is 0 Å². The number of nitrogens with zero attached hydrogens (tertiary/aromatic N) is 1. The Labute approximate surface area is 195 Å². The molecule has 0 aromatic heterocycles. The standard InChI is InChI=1S/C23H32ClN3O4S/c1-16-12-19-20(14-27(2)15-21(19)22(24)13-16)17-4-3-5-23(32(26,28)29)18(17)6-8-30-10-11-31-9-7-25/h3-5,12-13,20H,6-11,14-15,25H2,1-2H3,(H2,26,28,29). The highest BCUT2D eigenvalue weighted by Crippen LogP contribution is 2.39. The molecule has 0 amide bonds. The van der Waals surface area contributed by atoms with Gasteiger partial charge in [-0.3, -0.25) is 0 Å². The Bertz CT molecular complexity index is 1050. The molecule has 4 N–H and O–H groups in total. The maximum atomic E-state index is 12.4. The fourth-order valence-corrected chi connectivity index (χ4v) is 5.48. The van der Waals surface area contributed by atoms with E-state index in [1.807, 2.05) is 26.1 Å². The van der Waals surface area contributed by atoms with E-state index >= 15 is 0 Å². The summed E-state index contributed by atoms with van der Waals surface area (Å²) in [7, 11) is -1.85. The van der Waals surface area contributed by atoms with Gasteiger partial charge >= 0.3 is 0 Å². The summed E-state index contributed by atoms with van der Waals surface area (Å²) < 4.78 is 35.8. The number of nitrogens with two attached hydrogens (primary N) is 2. The highest BCUT2D eigenvalue weighted by molar-refractivity contribution is 7.89. The second kappa shape index (κ2) is 11.1. The van der Waals surface area contributed by atoms with Crippen molar-refractivity contribution in [2.45, 2.75) is 30.7 Å². The molecule has 176 valence electrons. The van der Waals surface area contributed by atoms with E-state index in [1.165, 1.54) is 0 Å². The zero-order chi connectivity index (χ0) is 23.3. The normalized spacial score (nSPS) is 16.8. The second-order valence-corrected chi connectivity index (χ2v) is 10.1. The van der Waals surface area contributed by atoms with Crippen LogP contribution in [-0.4, -0.2) is 59.9 Å². The van der Waals surface area contributed by atoms with E-state index in [0.717, 1.165) is 40.4 Å². The Morgan fingerprint density at radius 2 is 1.84 bits per heavy atom. The fourth-order valence-electron chi connectivity index (χ4n) is 4.31. The molecule has 7 nitrogen and oxygen atoms in total.